The molecule has 0 unspecified atom stereocenters. The number of carboxylic acid groups (broad SMARTS) is 1. The number of aromatic hydroxyl groups is 1. The number of nitrogens with zero attached hydrogens (tertiary/aromatic N) is 1. The molecule has 1 saturated heterocycles. The molecule has 0 aliphatic carbocycles. The highest BCUT2D eigenvalue weighted by Crippen LogP contribution is 2.23. The monoisotopic (exact) mass is 249 g/mol. The lowest BCUT2D eigenvalue weighted by Gasteiger charge is -2.33. The van der Waals surface area contributed by atoms with Crippen molar-refractivity contribution in [2.45, 2.75) is 25.3 Å². The van der Waals surface area contributed by atoms with Crippen molar-refractivity contribution in [2.24, 2.45) is 0 Å². The summed E-state index contributed by atoms with van der Waals surface area (Å²) in [6.45, 7) is 0.421. The van der Waals surface area contributed by atoms with Crippen molar-refractivity contribution in [1.29, 1.82) is 0 Å². The zero-order valence-corrected chi connectivity index (χ0v) is 9.87. The molecule has 1 amide bonds. The van der Waals surface area contributed by atoms with Gasteiger partial charge in [-0.1, -0.05) is 12.1 Å². The molecule has 2 N–H and O–H groups in total. The molecule has 0 saturated carbocycles. The molecular formula is C13H15NO4. The molecule has 1 aromatic carbocycles. The Hall–Kier alpha value is -2.04. The minimum Gasteiger partial charge on any atom is -0.507 e. The lowest BCUT2D eigenvalue weighted by atomic mass is 10.0. The first kappa shape index (κ1) is 12.4. The second-order valence-corrected chi connectivity index (χ2v) is 4.37. The van der Waals surface area contributed by atoms with Crippen LogP contribution in [-0.4, -0.2) is 39.6 Å². The fourth-order valence-electron chi connectivity index (χ4n) is 2.24. The standard InChI is InChI=1S/C13H15NO4/c15-11-7-2-1-5-9(11)12(16)14-8-4-3-6-10(14)13(17)18/h1-2,5,7,10,15H,3-4,6,8H2,(H,17,18)/t10-/m0/s1. The van der Waals surface area contributed by atoms with E-state index in [4.69, 9.17) is 5.11 Å². The summed E-state index contributed by atoms with van der Waals surface area (Å²) < 4.78 is 0. The first-order chi connectivity index (χ1) is 8.61. The van der Waals surface area contributed by atoms with Crippen molar-refractivity contribution in [2.75, 3.05) is 6.54 Å². The molecule has 0 radical (unpaired) electrons. The number of carbonyl (C=O) groups is 2. The number of piperidine rings is 1. The number of phenols is 1. The molecule has 96 valence electrons. The van der Waals surface area contributed by atoms with Crippen molar-refractivity contribution in [3.05, 3.63) is 29.8 Å². The van der Waals surface area contributed by atoms with Gasteiger partial charge >= 0.3 is 5.97 Å². The van der Waals surface area contributed by atoms with Gasteiger partial charge in [0.2, 0.25) is 0 Å². The Morgan fingerprint density at radius 3 is 2.61 bits per heavy atom. The third-order valence-electron chi connectivity index (χ3n) is 3.18. The van der Waals surface area contributed by atoms with Crippen LogP contribution in [0.2, 0.25) is 0 Å². The van der Waals surface area contributed by atoms with Crippen LogP contribution in [-0.2, 0) is 4.79 Å². The SMILES string of the molecule is O=C(O)[C@@H]1CCCCN1C(=O)c1ccccc1O. The average molecular weight is 249 g/mol. The maximum atomic E-state index is 12.2. The van der Waals surface area contributed by atoms with E-state index < -0.39 is 17.9 Å². The van der Waals surface area contributed by atoms with Gasteiger partial charge in [0.05, 0.1) is 5.56 Å². The molecule has 5 heteroatoms. The predicted molar refractivity (Wildman–Crippen MR) is 64.4 cm³/mol. The van der Waals surface area contributed by atoms with E-state index in [0.717, 1.165) is 12.8 Å². The summed E-state index contributed by atoms with van der Waals surface area (Å²) in [5.74, 6) is -1.52. The topological polar surface area (TPSA) is 77.8 Å². The van der Waals surface area contributed by atoms with E-state index in [-0.39, 0.29) is 11.3 Å². The smallest absolute Gasteiger partial charge is 0.326 e. The summed E-state index contributed by atoms with van der Waals surface area (Å²) in [6.07, 6.45) is 2.07. The van der Waals surface area contributed by atoms with Crippen LogP contribution in [0.1, 0.15) is 29.6 Å². The van der Waals surface area contributed by atoms with E-state index in [1.54, 1.807) is 12.1 Å². The number of rotatable bonds is 2. The molecule has 1 aliphatic rings. The number of carbonyl (C=O) groups excluding carboxylic acids is 1. The van der Waals surface area contributed by atoms with Gasteiger partial charge in [-0.3, -0.25) is 4.79 Å². The fourth-order valence-corrected chi connectivity index (χ4v) is 2.24. The summed E-state index contributed by atoms with van der Waals surface area (Å²) in [7, 11) is 0. The molecule has 2 rings (SSSR count). The van der Waals surface area contributed by atoms with Gasteiger partial charge in [-0.25, -0.2) is 4.79 Å². The number of aliphatic carboxylic acids is 1. The van der Waals surface area contributed by atoms with E-state index in [2.05, 4.69) is 0 Å². The summed E-state index contributed by atoms with van der Waals surface area (Å²) in [4.78, 5) is 24.7. The molecule has 1 fully saturated rings. The Kier molecular flexibility index (Phi) is 3.50. The Balaban J connectivity index is 2.27. The quantitative estimate of drug-likeness (QED) is 0.832. The predicted octanol–water partition coefficient (Wildman–Crippen LogP) is 1.47. The van der Waals surface area contributed by atoms with Gasteiger partial charge in [0, 0.05) is 6.54 Å². The molecule has 1 aromatic rings. The average Bonchev–Trinajstić information content (AvgIpc) is 2.38. The molecule has 1 aliphatic heterocycles. The number of likely N-dealkylation sites (tertiary alicyclic amines) is 1. The Bertz CT molecular complexity index is 472. The van der Waals surface area contributed by atoms with Gasteiger partial charge in [-0.2, -0.15) is 0 Å². The van der Waals surface area contributed by atoms with Gasteiger partial charge in [0.15, 0.2) is 0 Å². The second kappa shape index (κ2) is 5.08. The number of para-hydroxylation sites is 1. The lowest BCUT2D eigenvalue weighted by Crippen LogP contribution is -2.47. The molecule has 5 nitrogen and oxygen atoms in total. The van der Waals surface area contributed by atoms with Crippen molar-refractivity contribution in [3.8, 4) is 5.75 Å². The van der Waals surface area contributed by atoms with Crippen LogP contribution in [0.4, 0.5) is 0 Å². The van der Waals surface area contributed by atoms with Crippen LogP contribution < -0.4 is 0 Å². The Labute approximate surface area is 105 Å². The minimum atomic E-state index is -0.988. The summed E-state index contributed by atoms with van der Waals surface area (Å²) in [5, 5.41) is 18.8. The molecule has 0 spiro atoms. The van der Waals surface area contributed by atoms with Crippen LogP contribution >= 0.6 is 0 Å². The molecule has 1 heterocycles. The first-order valence-electron chi connectivity index (χ1n) is 5.93. The van der Waals surface area contributed by atoms with E-state index in [1.165, 1.54) is 17.0 Å². The van der Waals surface area contributed by atoms with E-state index in [1.807, 2.05) is 0 Å². The van der Waals surface area contributed by atoms with Crippen LogP contribution in [0.15, 0.2) is 24.3 Å². The summed E-state index contributed by atoms with van der Waals surface area (Å²) in [5.41, 5.74) is 0.158. The second-order valence-electron chi connectivity index (χ2n) is 4.37. The number of phenolic OH excluding ortho intramolecular Hbond substituents is 1. The molecule has 18 heavy (non-hydrogen) atoms. The maximum Gasteiger partial charge on any atom is 0.326 e. The highest BCUT2D eigenvalue weighted by atomic mass is 16.4. The van der Waals surface area contributed by atoms with Crippen molar-refractivity contribution >= 4 is 11.9 Å². The lowest BCUT2D eigenvalue weighted by molar-refractivity contribution is -0.143. The number of hydrogen-bond acceptors (Lipinski definition) is 3. The zero-order chi connectivity index (χ0) is 13.1. The van der Waals surface area contributed by atoms with E-state index in [9.17, 15) is 14.7 Å². The fraction of sp³-hybridized carbons (Fsp3) is 0.385. The Morgan fingerprint density at radius 1 is 1.22 bits per heavy atom. The minimum absolute atomic E-state index is 0.114. The maximum absolute atomic E-state index is 12.2. The highest BCUT2D eigenvalue weighted by Gasteiger charge is 2.33. The van der Waals surface area contributed by atoms with Crippen molar-refractivity contribution in [1.82, 2.24) is 4.90 Å². The van der Waals surface area contributed by atoms with E-state index in [0.29, 0.717) is 13.0 Å². The van der Waals surface area contributed by atoms with Gasteiger partial charge in [0.25, 0.3) is 5.91 Å². The van der Waals surface area contributed by atoms with Crippen LogP contribution in [0.3, 0.4) is 0 Å². The molecule has 0 aromatic heterocycles. The van der Waals surface area contributed by atoms with Gasteiger partial charge in [-0.15, -0.1) is 0 Å². The first-order valence-corrected chi connectivity index (χ1v) is 5.93. The molecule has 1 atom stereocenters. The van der Waals surface area contributed by atoms with Crippen LogP contribution in [0.25, 0.3) is 0 Å². The normalized spacial score (nSPS) is 19.6. The van der Waals surface area contributed by atoms with Gasteiger partial charge < -0.3 is 15.1 Å². The van der Waals surface area contributed by atoms with Gasteiger partial charge in [-0.05, 0) is 31.4 Å². The highest BCUT2D eigenvalue weighted by molar-refractivity contribution is 5.98. The van der Waals surface area contributed by atoms with Crippen LogP contribution in [0.5, 0.6) is 5.75 Å². The van der Waals surface area contributed by atoms with Crippen molar-refractivity contribution < 1.29 is 19.8 Å². The van der Waals surface area contributed by atoms with Crippen molar-refractivity contribution in [3.63, 3.8) is 0 Å². The third-order valence-corrected chi connectivity index (χ3v) is 3.18. The third kappa shape index (κ3) is 2.30. The number of benzene rings is 1. The largest absolute Gasteiger partial charge is 0.507 e. The zero-order valence-electron chi connectivity index (χ0n) is 9.87. The van der Waals surface area contributed by atoms with E-state index >= 15 is 0 Å². The molecule has 0 bridgehead atoms. The molecular weight excluding hydrogens is 234 g/mol. The summed E-state index contributed by atoms with van der Waals surface area (Å²) >= 11 is 0. The summed E-state index contributed by atoms with van der Waals surface area (Å²) in [6, 6.07) is 5.41. The number of hydrogen-bond donors (Lipinski definition) is 2. The van der Waals surface area contributed by atoms with Gasteiger partial charge in [0.1, 0.15) is 11.8 Å². The Morgan fingerprint density at radius 2 is 1.94 bits per heavy atom. The van der Waals surface area contributed by atoms with Crippen LogP contribution in [0, 0.1) is 0 Å². The number of carboxylic acids is 1. The number of amides is 1.